The Morgan fingerprint density at radius 2 is 1.98 bits per heavy atom. The molecular formula is C38H53FN8. The number of benzene rings is 1. The molecule has 4 saturated heterocycles. The van der Waals surface area contributed by atoms with Crippen molar-refractivity contribution in [3.05, 3.63) is 70.6 Å². The van der Waals surface area contributed by atoms with E-state index < -0.39 is 6.17 Å². The first-order valence-corrected chi connectivity index (χ1v) is 17.8. The van der Waals surface area contributed by atoms with Crippen molar-refractivity contribution >= 4 is 11.5 Å². The number of hydrogen-bond acceptors (Lipinski definition) is 8. The molecule has 5 atom stereocenters. The monoisotopic (exact) mass is 640 g/mol. The molecule has 1 aliphatic carbocycles. The topological polar surface area (TPSA) is 106 Å². The number of halogens is 1. The molecule has 0 amide bonds. The number of hydrogen-bond donors (Lipinski definition) is 3. The quantitative estimate of drug-likeness (QED) is 0.324. The fourth-order valence-corrected chi connectivity index (χ4v) is 8.86. The highest BCUT2D eigenvalue weighted by Crippen LogP contribution is 2.43. The Kier molecular flexibility index (Phi) is 9.28. The molecule has 1 spiro atoms. The molecule has 1 aromatic carbocycles. The molecule has 0 saturated carbocycles. The fourth-order valence-electron chi connectivity index (χ4n) is 8.86. The zero-order valence-electron chi connectivity index (χ0n) is 28.9. The summed E-state index contributed by atoms with van der Waals surface area (Å²) in [5, 5.41) is 16.9. The third kappa shape index (κ3) is 6.22. The Morgan fingerprint density at radius 1 is 1.19 bits per heavy atom. The van der Waals surface area contributed by atoms with Crippen molar-refractivity contribution in [3.63, 3.8) is 0 Å². The molecule has 252 valence electrons. The van der Waals surface area contributed by atoms with Gasteiger partial charge in [-0.15, -0.1) is 0 Å². The molecule has 5 heterocycles. The number of fused-ring (bicyclic) bond motifs is 2. The van der Waals surface area contributed by atoms with Gasteiger partial charge in [-0.1, -0.05) is 40.0 Å². The zero-order valence-corrected chi connectivity index (χ0v) is 28.9. The van der Waals surface area contributed by atoms with Crippen LogP contribution in [-0.2, 0) is 19.3 Å². The number of nitrogens with zero attached hydrogens (tertiary/aromatic N) is 5. The Balaban J connectivity index is 0.000000327. The van der Waals surface area contributed by atoms with Gasteiger partial charge in [0.15, 0.2) is 0 Å². The van der Waals surface area contributed by atoms with Crippen LogP contribution < -0.4 is 21.3 Å². The molecule has 0 bridgehead atoms. The number of nitrogen functional groups attached to an aromatic ring is 1. The molecule has 0 radical (unpaired) electrons. The molecule has 9 heteroatoms. The van der Waals surface area contributed by atoms with E-state index in [0.717, 1.165) is 105 Å². The van der Waals surface area contributed by atoms with Crippen LogP contribution in [0.3, 0.4) is 0 Å². The minimum Gasteiger partial charge on any atom is -0.398 e. The van der Waals surface area contributed by atoms with Crippen LogP contribution in [-0.4, -0.2) is 58.3 Å². The van der Waals surface area contributed by atoms with Crippen LogP contribution in [0, 0.1) is 11.3 Å². The standard InChI is InChI=1S/C30H39N7.C8H14FN/c1-6-18(3)22-11-12-25(32)24(16-31)28(22)21-9-10-23-26(15-21)34-27(7-2)35-29(23)37-14-8-13-30(17-37)19(4)33-20(5)36-30;1-8-3-2-4-10(8)6-7(9)5-8/h11-12,18,21,33,36H,4-10,13-15,17,32H2,1-3H3;7H,2-6H2,1H3. The number of nitrogens with two attached hydrogens (primary N) is 1. The second-order valence-electron chi connectivity index (χ2n) is 14.8. The van der Waals surface area contributed by atoms with E-state index >= 15 is 0 Å². The van der Waals surface area contributed by atoms with E-state index in [-0.39, 0.29) is 17.0 Å². The number of rotatable bonds is 5. The van der Waals surface area contributed by atoms with E-state index in [1.807, 2.05) is 6.07 Å². The van der Waals surface area contributed by atoms with Crippen LogP contribution in [0.2, 0.25) is 0 Å². The van der Waals surface area contributed by atoms with Crippen LogP contribution in [0.5, 0.6) is 0 Å². The summed E-state index contributed by atoms with van der Waals surface area (Å²) in [5.41, 5.74) is 13.3. The number of alkyl halides is 1. The first-order chi connectivity index (χ1) is 22.5. The maximum atomic E-state index is 12.8. The number of nitriles is 1. The Bertz CT molecular complexity index is 1580. The second-order valence-corrected chi connectivity index (χ2v) is 14.8. The van der Waals surface area contributed by atoms with Gasteiger partial charge in [0.2, 0.25) is 0 Å². The highest BCUT2D eigenvalue weighted by molar-refractivity contribution is 5.63. The lowest BCUT2D eigenvalue weighted by atomic mass is 9.76. The first-order valence-electron chi connectivity index (χ1n) is 17.8. The third-order valence-corrected chi connectivity index (χ3v) is 11.6. The molecular weight excluding hydrogens is 587 g/mol. The van der Waals surface area contributed by atoms with Gasteiger partial charge in [-0.05, 0) is 100 Å². The van der Waals surface area contributed by atoms with E-state index in [2.05, 4.69) is 73.4 Å². The maximum absolute atomic E-state index is 12.8. The van der Waals surface area contributed by atoms with Crippen molar-refractivity contribution in [1.82, 2.24) is 25.5 Å². The van der Waals surface area contributed by atoms with Crippen molar-refractivity contribution in [2.75, 3.05) is 36.8 Å². The Morgan fingerprint density at radius 3 is 2.66 bits per heavy atom. The lowest BCUT2D eigenvalue weighted by Gasteiger charge is -2.42. The number of piperidine rings is 1. The van der Waals surface area contributed by atoms with Gasteiger partial charge < -0.3 is 21.3 Å². The average molecular weight is 641 g/mol. The van der Waals surface area contributed by atoms with Crippen molar-refractivity contribution < 1.29 is 4.39 Å². The second kappa shape index (κ2) is 13.1. The van der Waals surface area contributed by atoms with Crippen LogP contribution in [0.4, 0.5) is 15.9 Å². The van der Waals surface area contributed by atoms with Gasteiger partial charge in [0.25, 0.3) is 0 Å². The minimum absolute atomic E-state index is 0.217. The molecule has 4 aliphatic heterocycles. The molecule has 5 unspecified atom stereocenters. The summed E-state index contributed by atoms with van der Waals surface area (Å²) in [5.74, 6) is 3.36. The van der Waals surface area contributed by atoms with Crippen molar-refractivity contribution in [1.29, 1.82) is 5.26 Å². The van der Waals surface area contributed by atoms with E-state index in [9.17, 15) is 9.65 Å². The third-order valence-electron chi connectivity index (χ3n) is 11.6. The zero-order chi connectivity index (χ0) is 33.5. The maximum Gasteiger partial charge on any atom is 0.135 e. The lowest BCUT2D eigenvalue weighted by molar-refractivity contribution is 0.217. The van der Waals surface area contributed by atoms with Gasteiger partial charge in [0, 0.05) is 48.5 Å². The van der Waals surface area contributed by atoms with Gasteiger partial charge in [-0.2, -0.15) is 5.26 Å². The van der Waals surface area contributed by atoms with Gasteiger partial charge in [-0.25, -0.2) is 14.4 Å². The number of aryl methyl sites for hydroxylation is 1. The van der Waals surface area contributed by atoms with Crippen LogP contribution >= 0.6 is 0 Å². The summed E-state index contributed by atoms with van der Waals surface area (Å²) in [7, 11) is 0. The van der Waals surface area contributed by atoms with Gasteiger partial charge in [0.1, 0.15) is 23.9 Å². The SMILES string of the molecule is C=C1NC(=C)C2(CCCN(c3nc(CC)nc4c3CCC(c3c(C(C)CC)ccc(N)c3C#N)C4)C2)N1.CC12CCCN1CC(F)C2. The number of nitrogens with one attached hydrogen (secondary N) is 2. The Labute approximate surface area is 280 Å². The highest BCUT2D eigenvalue weighted by atomic mass is 19.1. The highest BCUT2D eigenvalue weighted by Gasteiger charge is 2.45. The number of anilines is 2. The van der Waals surface area contributed by atoms with E-state index in [1.54, 1.807) is 0 Å². The Hall–Kier alpha value is -3.64. The summed E-state index contributed by atoms with van der Waals surface area (Å²) in [6, 6.07) is 6.46. The molecule has 7 rings (SSSR count). The fraction of sp³-hybridized carbons (Fsp3) is 0.605. The normalized spacial score (nSPS) is 29.0. The summed E-state index contributed by atoms with van der Waals surface area (Å²) in [6.45, 7) is 20.7. The van der Waals surface area contributed by atoms with E-state index in [4.69, 9.17) is 15.7 Å². The smallest absolute Gasteiger partial charge is 0.135 e. The van der Waals surface area contributed by atoms with Crippen LogP contribution in [0.15, 0.2) is 36.8 Å². The van der Waals surface area contributed by atoms with Crippen molar-refractivity contribution in [2.45, 2.75) is 121 Å². The molecule has 2 aromatic rings. The minimum atomic E-state index is -0.551. The first kappa shape index (κ1) is 33.3. The van der Waals surface area contributed by atoms with Gasteiger partial charge in [0.05, 0.1) is 22.6 Å². The summed E-state index contributed by atoms with van der Waals surface area (Å²) >= 11 is 0. The molecule has 4 N–H and O–H groups in total. The predicted octanol–water partition coefficient (Wildman–Crippen LogP) is 6.38. The summed E-state index contributed by atoms with van der Waals surface area (Å²) in [4.78, 5) is 14.8. The predicted molar refractivity (Wildman–Crippen MR) is 188 cm³/mol. The summed E-state index contributed by atoms with van der Waals surface area (Å²) < 4.78 is 12.8. The molecule has 47 heavy (non-hydrogen) atoms. The molecule has 1 aromatic heterocycles. The average Bonchev–Trinajstić information content (AvgIpc) is 3.65. The van der Waals surface area contributed by atoms with Crippen LogP contribution in [0.25, 0.3) is 0 Å². The van der Waals surface area contributed by atoms with E-state index in [0.29, 0.717) is 23.7 Å². The van der Waals surface area contributed by atoms with Gasteiger partial charge >= 0.3 is 0 Å². The lowest BCUT2D eigenvalue weighted by Crippen LogP contribution is -2.55. The molecule has 5 aliphatic rings. The molecule has 4 fully saturated rings. The van der Waals surface area contributed by atoms with Crippen molar-refractivity contribution in [2.24, 2.45) is 0 Å². The largest absolute Gasteiger partial charge is 0.398 e. The number of aromatic nitrogens is 2. The van der Waals surface area contributed by atoms with Gasteiger partial charge in [-0.3, -0.25) is 4.90 Å². The van der Waals surface area contributed by atoms with Crippen LogP contribution in [0.1, 0.15) is 118 Å². The summed E-state index contributed by atoms with van der Waals surface area (Å²) in [6.07, 6.45) is 9.23. The van der Waals surface area contributed by atoms with E-state index in [1.165, 1.54) is 24.0 Å². The van der Waals surface area contributed by atoms with Crippen molar-refractivity contribution in [3.8, 4) is 6.07 Å². The molecule has 8 nitrogen and oxygen atoms in total.